The fourth-order valence-electron chi connectivity index (χ4n) is 2.43. The zero-order chi connectivity index (χ0) is 12.6. The zero-order valence-corrected chi connectivity index (χ0v) is 11.0. The highest BCUT2D eigenvalue weighted by molar-refractivity contribution is 7.89. The highest BCUT2D eigenvalue weighted by atomic mass is 32.2. The fraction of sp³-hybridized carbons (Fsp3) is 0.900. The maximum atomic E-state index is 11.7. The van der Waals surface area contributed by atoms with Crippen LogP contribution in [-0.2, 0) is 19.6 Å². The normalized spacial score (nSPS) is 31.1. The van der Waals surface area contributed by atoms with Gasteiger partial charge in [0.05, 0.1) is 6.26 Å². The van der Waals surface area contributed by atoms with Crippen LogP contribution in [0, 0.1) is 5.92 Å². The van der Waals surface area contributed by atoms with Crippen LogP contribution in [-0.4, -0.2) is 37.2 Å². The number of sulfonamides is 1. The van der Waals surface area contributed by atoms with Crippen molar-refractivity contribution in [3.63, 3.8) is 0 Å². The molecular weight excluding hydrogens is 230 g/mol. The van der Waals surface area contributed by atoms with Crippen LogP contribution in [0.4, 0.5) is 0 Å². The van der Waals surface area contributed by atoms with E-state index in [1.807, 2.05) is 13.8 Å². The summed E-state index contributed by atoms with van der Waals surface area (Å²) < 4.78 is 29.8. The van der Waals surface area contributed by atoms with E-state index in [0.29, 0.717) is 13.0 Å². The van der Waals surface area contributed by atoms with Gasteiger partial charge in [0.2, 0.25) is 15.9 Å². The molecule has 2 atom stereocenters. The molecule has 94 valence electrons. The minimum absolute atomic E-state index is 0.111. The zero-order valence-electron chi connectivity index (χ0n) is 10.2. The topological polar surface area (TPSA) is 63.7 Å². The van der Waals surface area contributed by atoms with Gasteiger partial charge in [-0.15, -0.1) is 0 Å². The Morgan fingerprint density at radius 3 is 2.44 bits per heavy atom. The number of hydrogen-bond donors (Lipinski definition) is 0. The van der Waals surface area contributed by atoms with Gasteiger partial charge in [-0.25, -0.2) is 12.7 Å². The molecule has 0 aromatic heterocycles. The van der Waals surface area contributed by atoms with Crippen molar-refractivity contribution in [3.05, 3.63) is 0 Å². The van der Waals surface area contributed by atoms with Crippen LogP contribution in [0.15, 0.2) is 0 Å². The van der Waals surface area contributed by atoms with E-state index in [1.54, 1.807) is 6.92 Å². The van der Waals surface area contributed by atoms with Gasteiger partial charge in [0.1, 0.15) is 0 Å². The van der Waals surface area contributed by atoms with Gasteiger partial charge in [0.15, 0.2) is 5.72 Å². The Hall–Kier alpha value is -0.620. The quantitative estimate of drug-likeness (QED) is 0.744. The van der Waals surface area contributed by atoms with Crippen LogP contribution in [0.1, 0.15) is 33.6 Å². The van der Waals surface area contributed by atoms with Crippen LogP contribution in [0.5, 0.6) is 0 Å². The lowest BCUT2D eigenvalue weighted by Crippen LogP contribution is -2.52. The van der Waals surface area contributed by atoms with Crippen molar-refractivity contribution in [3.8, 4) is 0 Å². The molecule has 0 N–H and O–H groups in total. The lowest BCUT2D eigenvalue weighted by Gasteiger charge is -2.38. The second kappa shape index (κ2) is 4.33. The average molecular weight is 249 g/mol. The minimum Gasteiger partial charge on any atom is -0.354 e. The predicted octanol–water partition coefficient (Wildman–Crippen LogP) is 0.957. The second-order valence-corrected chi connectivity index (χ2v) is 5.99. The summed E-state index contributed by atoms with van der Waals surface area (Å²) >= 11 is 0. The molecule has 5 nitrogen and oxygen atoms in total. The summed E-state index contributed by atoms with van der Waals surface area (Å²) in [6, 6.07) is 0. The summed E-state index contributed by atoms with van der Waals surface area (Å²) in [7, 11) is -3.57. The SMILES string of the molecule is CCOC1(CC)[C@@H](C)CC(=O)N1S(C)(=O)=O. The number of nitrogens with zero attached hydrogens (tertiary/aromatic N) is 1. The molecule has 1 amide bonds. The van der Waals surface area contributed by atoms with Crippen LogP contribution in [0.3, 0.4) is 0 Å². The number of rotatable bonds is 4. The summed E-state index contributed by atoms with van der Waals surface area (Å²) in [6.07, 6.45) is 1.74. The van der Waals surface area contributed by atoms with Gasteiger partial charge in [0.25, 0.3) is 0 Å². The maximum absolute atomic E-state index is 11.7. The summed E-state index contributed by atoms with van der Waals surface area (Å²) in [5.41, 5.74) is -0.987. The van der Waals surface area contributed by atoms with Crippen molar-refractivity contribution in [2.45, 2.75) is 39.3 Å². The van der Waals surface area contributed by atoms with E-state index >= 15 is 0 Å². The molecule has 0 aliphatic carbocycles. The van der Waals surface area contributed by atoms with E-state index < -0.39 is 15.7 Å². The minimum atomic E-state index is -3.57. The third-order valence-corrected chi connectivity index (χ3v) is 4.23. The standard InChI is InChI=1S/C10H19NO4S/c1-5-10(15-6-2)8(3)7-9(12)11(10)16(4,13)14/h8H,5-7H2,1-4H3/t8-,10?/m0/s1. The molecule has 0 radical (unpaired) electrons. The Labute approximate surface area is 96.8 Å². The predicted molar refractivity (Wildman–Crippen MR) is 60.1 cm³/mol. The van der Waals surface area contributed by atoms with Gasteiger partial charge < -0.3 is 4.74 Å². The third-order valence-electron chi connectivity index (χ3n) is 3.05. The Morgan fingerprint density at radius 1 is 1.50 bits per heavy atom. The number of hydrogen-bond acceptors (Lipinski definition) is 4. The summed E-state index contributed by atoms with van der Waals surface area (Å²) in [5.74, 6) is -0.482. The van der Waals surface area contributed by atoms with Crippen molar-refractivity contribution in [2.24, 2.45) is 5.92 Å². The van der Waals surface area contributed by atoms with Crippen LogP contribution in [0.2, 0.25) is 0 Å². The maximum Gasteiger partial charge on any atom is 0.238 e. The molecule has 16 heavy (non-hydrogen) atoms. The summed E-state index contributed by atoms with van der Waals surface area (Å²) in [4.78, 5) is 11.7. The van der Waals surface area contributed by atoms with E-state index in [0.717, 1.165) is 10.6 Å². The molecule has 0 aromatic rings. The first-order valence-corrected chi connectivity index (χ1v) is 7.31. The molecule has 1 heterocycles. The van der Waals surface area contributed by atoms with E-state index in [9.17, 15) is 13.2 Å². The number of amides is 1. The molecule has 1 rings (SSSR count). The smallest absolute Gasteiger partial charge is 0.238 e. The summed E-state index contributed by atoms with van der Waals surface area (Å²) in [6.45, 7) is 5.87. The molecule has 1 aliphatic rings. The third kappa shape index (κ3) is 1.96. The largest absolute Gasteiger partial charge is 0.354 e. The molecule has 1 saturated heterocycles. The molecular formula is C10H19NO4S. The van der Waals surface area contributed by atoms with Gasteiger partial charge in [-0.05, 0) is 13.3 Å². The average Bonchev–Trinajstić information content (AvgIpc) is 2.38. The first-order valence-electron chi connectivity index (χ1n) is 5.46. The number of ether oxygens (including phenoxy) is 1. The van der Waals surface area contributed by atoms with Crippen LogP contribution < -0.4 is 0 Å². The highest BCUT2D eigenvalue weighted by Crippen LogP contribution is 2.40. The summed E-state index contributed by atoms with van der Waals surface area (Å²) in [5, 5.41) is 0. The molecule has 1 unspecified atom stereocenters. The molecule has 0 aromatic carbocycles. The van der Waals surface area contributed by atoms with Crippen molar-refractivity contribution in [1.29, 1.82) is 0 Å². The Morgan fingerprint density at radius 2 is 2.06 bits per heavy atom. The first kappa shape index (κ1) is 13.4. The first-order chi connectivity index (χ1) is 7.29. The van der Waals surface area contributed by atoms with Gasteiger partial charge in [0, 0.05) is 18.9 Å². The van der Waals surface area contributed by atoms with E-state index in [4.69, 9.17) is 4.74 Å². The van der Waals surface area contributed by atoms with Gasteiger partial charge in [-0.2, -0.15) is 0 Å². The second-order valence-electron chi connectivity index (χ2n) is 4.16. The van der Waals surface area contributed by atoms with E-state index in [2.05, 4.69) is 0 Å². The molecule has 0 spiro atoms. The van der Waals surface area contributed by atoms with Crippen molar-refractivity contribution in [1.82, 2.24) is 4.31 Å². The van der Waals surface area contributed by atoms with Gasteiger partial charge in [-0.3, -0.25) is 4.79 Å². The van der Waals surface area contributed by atoms with Crippen molar-refractivity contribution >= 4 is 15.9 Å². The molecule has 0 saturated carbocycles. The lowest BCUT2D eigenvalue weighted by atomic mass is 9.96. The van der Waals surface area contributed by atoms with Gasteiger partial charge >= 0.3 is 0 Å². The van der Waals surface area contributed by atoms with Crippen LogP contribution in [0.25, 0.3) is 0 Å². The Bertz CT molecular complexity index is 378. The van der Waals surface area contributed by atoms with Gasteiger partial charge in [-0.1, -0.05) is 13.8 Å². The number of carbonyl (C=O) groups is 1. The lowest BCUT2D eigenvalue weighted by molar-refractivity contribution is -0.147. The highest BCUT2D eigenvalue weighted by Gasteiger charge is 2.54. The Balaban J connectivity index is 3.25. The van der Waals surface area contributed by atoms with Crippen LogP contribution >= 0.6 is 0 Å². The molecule has 1 aliphatic heterocycles. The number of carbonyl (C=O) groups excluding carboxylic acids is 1. The van der Waals surface area contributed by atoms with Crippen molar-refractivity contribution < 1.29 is 17.9 Å². The van der Waals surface area contributed by atoms with Crippen molar-refractivity contribution in [2.75, 3.05) is 12.9 Å². The molecule has 1 fully saturated rings. The molecule has 6 heteroatoms. The Kier molecular flexibility index (Phi) is 3.64. The van der Waals surface area contributed by atoms with E-state index in [-0.39, 0.29) is 18.2 Å². The molecule has 0 bridgehead atoms. The monoisotopic (exact) mass is 249 g/mol. The van der Waals surface area contributed by atoms with E-state index in [1.165, 1.54) is 0 Å². The fourth-order valence-corrected chi connectivity index (χ4v) is 3.79.